The van der Waals surface area contributed by atoms with Crippen LogP contribution in [0.1, 0.15) is 43.7 Å². The average molecular weight is 383 g/mol. The van der Waals surface area contributed by atoms with Gasteiger partial charge in [-0.1, -0.05) is 25.1 Å². The van der Waals surface area contributed by atoms with Gasteiger partial charge in [0, 0.05) is 31.7 Å². The first-order valence-electron chi connectivity index (χ1n) is 9.60. The van der Waals surface area contributed by atoms with Gasteiger partial charge in [0.1, 0.15) is 0 Å². The molecule has 2 N–H and O–H groups in total. The molecule has 0 bridgehead atoms. The van der Waals surface area contributed by atoms with Gasteiger partial charge in [0.2, 0.25) is 0 Å². The molecule has 0 radical (unpaired) electrons. The third-order valence-corrected chi connectivity index (χ3v) is 5.90. The number of benzene rings is 1. The third kappa shape index (κ3) is 4.75. The fourth-order valence-electron chi connectivity index (χ4n) is 3.90. The van der Waals surface area contributed by atoms with Crippen molar-refractivity contribution < 1.29 is 17.9 Å². The number of alkyl halides is 3. The number of aliphatic imine (C=N–C) groups is 1. The molecule has 7 heteroatoms. The molecule has 2 heterocycles. The summed E-state index contributed by atoms with van der Waals surface area (Å²) in [6.07, 6.45) is -0.898. The van der Waals surface area contributed by atoms with Crippen LogP contribution in [0.4, 0.5) is 13.2 Å². The predicted molar refractivity (Wildman–Crippen MR) is 99.6 cm³/mol. The van der Waals surface area contributed by atoms with E-state index in [1.54, 1.807) is 6.07 Å². The topological polar surface area (TPSA) is 50.8 Å². The Balaban J connectivity index is 1.82. The second kappa shape index (κ2) is 8.09. The number of hydrogen-bond donors (Lipinski definition) is 1. The zero-order chi connectivity index (χ0) is 19.5. The zero-order valence-electron chi connectivity index (χ0n) is 15.8. The van der Waals surface area contributed by atoms with Gasteiger partial charge in [0.15, 0.2) is 5.96 Å². The van der Waals surface area contributed by atoms with Crippen LogP contribution >= 0.6 is 0 Å². The summed E-state index contributed by atoms with van der Waals surface area (Å²) >= 11 is 0. The molecule has 2 aliphatic heterocycles. The molecule has 1 aromatic carbocycles. The molecule has 0 saturated carbocycles. The summed E-state index contributed by atoms with van der Waals surface area (Å²) in [7, 11) is 0. The van der Waals surface area contributed by atoms with Gasteiger partial charge in [-0.15, -0.1) is 0 Å². The molecule has 2 fully saturated rings. The van der Waals surface area contributed by atoms with Gasteiger partial charge in [-0.3, -0.25) is 4.99 Å². The van der Waals surface area contributed by atoms with Crippen LogP contribution in [0.2, 0.25) is 0 Å². The first-order chi connectivity index (χ1) is 12.8. The van der Waals surface area contributed by atoms with E-state index >= 15 is 0 Å². The lowest BCUT2D eigenvalue weighted by molar-refractivity contribution is -0.137. The van der Waals surface area contributed by atoms with Crippen LogP contribution < -0.4 is 5.73 Å². The predicted octanol–water partition coefficient (Wildman–Crippen LogP) is 3.80. The highest BCUT2D eigenvalue weighted by Crippen LogP contribution is 2.38. The molecule has 0 atom stereocenters. The van der Waals surface area contributed by atoms with Crippen LogP contribution in [0, 0.1) is 5.92 Å². The number of hydrogen-bond acceptors (Lipinski definition) is 2. The molecule has 0 aromatic heterocycles. The average Bonchev–Trinajstić information content (AvgIpc) is 2.67. The van der Waals surface area contributed by atoms with E-state index in [4.69, 9.17) is 10.5 Å². The van der Waals surface area contributed by atoms with Crippen molar-refractivity contribution >= 4 is 5.96 Å². The van der Waals surface area contributed by atoms with E-state index in [2.05, 4.69) is 16.8 Å². The van der Waals surface area contributed by atoms with Crippen molar-refractivity contribution in [3.63, 3.8) is 0 Å². The Labute approximate surface area is 158 Å². The van der Waals surface area contributed by atoms with Crippen molar-refractivity contribution in [3.8, 4) is 0 Å². The molecule has 2 aliphatic rings. The Morgan fingerprint density at radius 1 is 1.26 bits per heavy atom. The molecule has 0 spiro atoms. The lowest BCUT2D eigenvalue weighted by atomic mass is 9.74. The summed E-state index contributed by atoms with van der Waals surface area (Å²) in [5.74, 6) is 1.20. The molecule has 4 nitrogen and oxygen atoms in total. The van der Waals surface area contributed by atoms with Crippen LogP contribution in [0.5, 0.6) is 0 Å². The van der Waals surface area contributed by atoms with Gasteiger partial charge in [0.25, 0.3) is 0 Å². The Hall–Kier alpha value is -1.76. The highest BCUT2D eigenvalue weighted by Gasteiger charge is 2.37. The standard InChI is InChI=1S/C20H28F3N3O/c1-15-5-9-26(10-6-15)18(24)25-14-19(7-11-27-12-8-19)16-3-2-4-17(13-16)20(21,22)23/h2-4,13,15H,5-12,14H2,1H3,(H2,24,25). The minimum absolute atomic E-state index is 0.384. The maximum atomic E-state index is 13.2. The summed E-state index contributed by atoms with van der Waals surface area (Å²) in [5, 5.41) is 0. The van der Waals surface area contributed by atoms with E-state index in [-0.39, 0.29) is 0 Å². The molecular formula is C20H28F3N3O. The minimum atomic E-state index is -4.35. The molecule has 3 rings (SSSR count). The number of guanidine groups is 1. The fraction of sp³-hybridized carbons (Fsp3) is 0.650. The number of nitrogens with zero attached hydrogens (tertiary/aromatic N) is 2. The summed E-state index contributed by atoms with van der Waals surface area (Å²) in [4.78, 5) is 6.70. The van der Waals surface area contributed by atoms with Crippen LogP contribution in [0.25, 0.3) is 0 Å². The first kappa shape index (κ1) is 20.0. The summed E-state index contributed by atoms with van der Waals surface area (Å²) in [6.45, 7) is 5.43. The molecule has 27 heavy (non-hydrogen) atoms. The first-order valence-corrected chi connectivity index (χ1v) is 9.60. The minimum Gasteiger partial charge on any atom is -0.381 e. The lowest BCUT2D eigenvalue weighted by Gasteiger charge is -2.37. The van der Waals surface area contributed by atoms with E-state index in [0.29, 0.717) is 50.0 Å². The summed E-state index contributed by atoms with van der Waals surface area (Å²) in [5.41, 5.74) is 5.80. The van der Waals surface area contributed by atoms with Gasteiger partial charge >= 0.3 is 6.18 Å². The summed E-state index contributed by atoms with van der Waals surface area (Å²) in [6, 6.07) is 5.63. The van der Waals surface area contributed by atoms with Gasteiger partial charge < -0.3 is 15.4 Å². The van der Waals surface area contributed by atoms with Gasteiger partial charge in [-0.05, 0) is 43.2 Å². The van der Waals surface area contributed by atoms with Crippen molar-refractivity contribution in [3.05, 3.63) is 35.4 Å². The highest BCUT2D eigenvalue weighted by atomic mass is 19.4. The maximum Gasteiger partial charge on any atom is 0.416 e. The van der Waals surface area contributed by atoms with E-state index < -0.39 is 17.2 Å². The largest absolute Gasteiger partial charge is 0.416 e. The van der Waals surface area contributed by atoms with Gasteiger partial charge in [0.05, 0.1) is 12.1 Å². The molecule has 1 aromatic rings. The van der Waals surface area contributed by atoms with E-state index in [1.807, 2.05) is 0 Å². The van der Waals surface area contributed by atoms with Crippen molar-refractivity contribution in [2.75, 3.05) is 32.8 Å². The molecule has 0 aliphatic carbocycles. The Morgan fingerprint density at radius 3 is 2.56 bits per heavy atom. The number of piperidine rings is 1. The Bertz CT molecular complexity index is 661. The second-order valence-electron chi connectivity index (χ2n) is 7.82. The lowest BCUT2D eigenvalue weighted by Crippen LogP contribution is -2.44. The number of likely N-dealkylation sites (tertiary alicyclic amines) is 1. The van der Waals surface area contributed by atoms with Crippen LogP contribution in [0.3, 0.4) is 0 Å². The number of ether oxygens (including phenoxy) is 1. The SMILES string of the molecule is CC1CCN(C(N)=NCC2(c3cccc(C(F)(F)F)c3)CCOCC2)CC1. The van der Waals surface area contributed by atoms with Gasteiger partial charge in [-0.25, -0.2) is 0 Å². The van der Waals surface area contributed by atoms with E-state index in [9.17, 15) is 13.2 Å². The van der Waals surface area contributed by atoms with Crippen LogP contribution in [0.15, 0.2) is 29.3 Å². The number of halogens is 3. The van der Waals surface area contributed by atoms with E-state index in [1.165, 1.54) is 12.1 Å². The molecule has 0 unspecified atom stereocenters. The van der Waals surface area contributed by atoms with Crippen molar-refractivity contribution in [2.45, 2.75) is 44.2 Å². The normalized spacial score (nSPS) is 22.1. The second-order valence-corrected chi connectivity index (χ2v) is 7.82. The number of rotatable bonds is 3. The molecule has 2 saturated heterocycles. The quantitative estimate of drug-likeness (QED) is 0.638. The van der Waals surface area contributed by atoms with Crippen molar-refractivity contribution in [2.24, 2.45) is 16.6 Å². The maximum absolute atomic E-state index is 13.2. The van der Waals surface area contributed by atoms with E-state index in [0.717, 1.165) is 32.0 Å². The third-order valence-electron chi connectivity index (χ3n) is 5.90. The summed E-state index contributed by atoms with van der Waals surface area (Å²) < 4.78 is 45.0. The van der Waals surface area contributed by atoms with Crippen LogP contribution in [-0.2, 0) is 16.3 Å². The van der Waals surface area contributed by atoms with Crippen LogP contribution in [-0.4, -0.2) is 43.7 Å². The van der Waals surface area contributed by atoms with Crippen molar-refractivity contribution in [1.82, 2.24) is 4.90 Å². The van der Waals surface area contributed by atoms with Crippen molar-refractivity contribution in [1.29, 1.82) is 0 Å². The molecule has 0 amide bonds. The molecular weight excluding hydrogens is 355 g/mol. The molecule has 150 valence electrons. The van der Waals surface area contributed by atoms with Gasteiger partial charge in [-0.2, -0.15) is 13.2 Å². The Kier molecular flexibility index (Phi) is 5.99. The smallest absolute Gasteiger partial charge is 0.381 e. The highest BCUT2D eigenvalue weighted by molar-refractivity contribution is 5.78. The zero-order valence-corrected chi connectivity index (χ0v) is 15.8. The Morgan fingerprint density at radius 2 is 1.93 bits per heavy atom. The monoisotopic (exact) mass is 383 g/mol. The number of nitrogens with two attached hydrogens (primary N) is 1. The fourth-order valence-corrected chi connectivity index (χ4v) is 3.90.